The number of guanidine groups is 1. The lowest BCUT2D eigenvalue weighted by molar-refractivity contribution is -0.119. The molecule has 0 fully saturated rings. The molecular weight excluding hydrogens is 210 g/mol. The molecule has 7 heteroatoms. The van der Waals surface area contributed by atoms with E-state index in [0.717, 1.165) is 6.42 Å². The number of nitrogens with two attached hydrogens (primary N) is 1. The van der Waals surface area contributed by atoms with Crippen molar-refractivity contribution < 1.29 is 9.53 Å². The predicted octanol–water partition coefficient (Wildman–Crippen LogP) is -1.43. The van der Waals surface area contributed by atoms with Gasteiger partial charge in [-0.25, -0.2) is 10.8 Å². The van der Waals surface area contributed by atoms with Gasteiger partial charge >= 0.3 is 0 Å². The molecule has 16 heavy (non-hydrogen) atoms. The highest BCUT2D eigenvalue weighted by atomic mass is 16.5. The van der Waals surface area contributed by atoms with Gasteiger partial charge in [-0.2, -0.15) is 0 Å². The topological polar surface area (TPSA) is 101 Å². The summed E-state index contributed by atoms with van der Waals surface area (Å²) in [7, 11) is 1.56. The Labute approximate surface area is 95.8 Å². The fraction of sp³-hybridized carbons (Fsp3) is 0.778. The van der Waals surface area contributed by atoms with Gasteiger partial charge in [-0.15, -0.1) is 0 Å². The fourth-order valence-electron chi connectivity index (χ4n) is 0.908. The van der Waals surface area contributed by atoms with Crippen LogP contribution in [0.5, 0.6) is 0 Å². The van der Waals surface area contributed by atoms with Crippen LogP contribution in [0.15, 0.2) is 4.99 Å². The first-order chi connectivity index (χ1) is 7.74. The van der Waals surface area contributed by atoms with Crippen LogP contribution < -0.4 is 21.9 Å². The second-order valence-electron chi connectivity index (χ2n) is 2.96. The van der Waals surface area contributed by atoms with Crippen molar-refractivity contribution in [1.29, 1.82) is 0 Å². The SMILES string of the molecule is CCOCCCNC(=NCC(=O)NC)NN. The van der Waals surface area contributed by atoms with E-state index in [1.807, 2.05) is 6.92 Å². The summed E-state index contributed by atoms with van der Waals surface area (Å²) in [5.41, 5.74) is 2.39. The molecule has 1 amide bonds. The lowest BCUT2D eigenvalue weighted by atomic mass is 10.4. The Morgan fingerprint density at radius 2 is 2.25 bits per heavy atom. The summed E-state index contributed by atoms with van der Waals surface area (Å²) < 4.78 is 5.17. The molecule has 0 radical (unpaired) electrons. The molecule has 0 aliphatic rings. The minimum Gasteiger partial charge on any atom is -0.382 e. The minimum absolute atomic E-state index is 0.0501. The molecule has 0 unspecified atom stereocenters. The number of hydrazine groups is 1. The first-order valence-corrected chi connectivity index (χ1v) is 5.27. The van der Waals surface area contributed by atoms with Gasteiger partial charge in [0.1, 0.15) is 6.54 Å². The first-order valence-electron chi connectivity index (χ1n) is 5.27. The van der Waals surface area contributed by atoms with E-state index in [2.05, 4.69) is 21.1 Å². The van der Waals surface area contributed by atoms with Crippen molar-refractivity contribution in [2.45, 2.75) is 13.3 Å². The second-order valence-corrected chi connectivity index (χ2v) is 2.96. The van der Waals surface area contributed by atoms with Crippen molar-refractivity contribution in [3.63, 3.8) is 0 Å². The molecule has 0 rings (SSSR count). The van der Waals surface area contributed by atoms with Crippen molar-refractivity contribution in [2.75, 3.05) is 33.4 Å². The maximum atomic E-state index is 10.9. The molecule has 0 aromatic carbocycles. The van der Waals surface area contributed by atoms with Gasteiger partial charge in [0.15, 0.2) is 0 Å². The summed E-state index contributed by atoms with van der Waals surface area (Å²) in [5.74, 6) is 5.47. The molecule has 0 aromatic heterocycles. The minimum atomic E-state index is -0.163. The Balaban J connectivity index is 3.69. The molecule has 0 bridgehead atoms. The molecule has 0 aliphatic heterocycles. The first kappa shape index (κ1) is 14.7. The van der Waals surface area contributed by atoms with Crippen LogP contribution in [0.3, 0.4) is 0 Å². The van der Waals surface area contributed by atoms with E-state index < -0.39 is 0 Å². The van der Waals surface area contributed by atoms with Crippen LogP contribution in [0.4, 0.5) is 0 Å². The van der Waals surface area contributed by atoms with E-state index in [9.17, 15) is 4.79 Å². The van der Waals surface area contributed by atoms with Gasteiger partial charge in [-0.05, 0) is 13.3 Å². The average Bonchev–Trinajstić information content (AvgIpc) is 2.32. The third kappa shape index (κ3) is 8.01. The number of nitrogens with one attached hydrogen (secondary N) is 3. The van der Waals surface area contributed by atoms with Crippen LogP contribution >= 0.6 is 0 Å². The number of ether oxygens (including phenoxy) is 1. The molecule has 0 aliphatic carbocycles. The van der Waals surface area contributed by atoms with Crippen molar-refractivity contribution in [1.82, 2.24) is 16.1 Å². The van der Waals surface area contributed by atoms with Crippen molar-refractivity contribution >= 4 is 11.9 Å². The summed E-state index contributed by atoms with van der Waals surface area (Å²) in [6.45, 7) is 4.10. The van der Waals surface area contributed by atoms with Crippen LogP contribution in [-0.2, 0) is 9.53 Å². The van der Waals surface area contributed by atoms with Crippen molar-refractivity contribution in [3.8, 4) is 0 Å². The van der Waals surface area contributed by atoms with Crippen LogP contribution in [0.25, 0.3) is 0 Å². The average molecular weight is 231 g/mol. The highest BCUT2D eigenvalue weighted by Gasteiger charge is 1.98. The smallest absolute Gasteiger partial charge is 0.241 e. The standard InChI is InChI=1S/C9H21N5O2/c1-3-16-6-4-5-12-9(14-10)13-7-8(15)11-2/h3-7,10H2,1-2H3,(H,11,15)(H2,12,13,14). The fourth-order valence-corrected chi connectivity index (χ4v) is 0.908. The van der Waals surface area contributed by atoms with Gasteiger partial charge in [0.25, 0.3) is 0 Å². The number of aliphatic imine (C=N–C) groups is 1. The molecule has 0 spiro atoms. The number of hydrogen-bond donors (Lipinski definition) is 4. The van der Waals surface area contributed by atoms with Gasteiger partial charge in [-0.1, -0.05) is 0 Å². The molecule has 7 nitrogen and oxygen atoms in total. The molecule has 94 valence electrons. The normalized spacial score (nSPS) is 11.1. The monoisotopic (exact) mass is 231 g/mol. The number of rotatable bonds is 7. The summed E-state index contributed by atoms with van der Waals surface area (Å²) in [6.07, 6.45) is 0.856. The number of likely N-dealkylation sites (N-methyl/N-ethyl adjacent to an activating group) is 1. The Hall–Kier alpha value is -1.34. The van der Waals surface area contributed by atoms with Crippen molar-refractivity contribution in [2.24, 2.45) is 10.8 Å². The molecule has 0 atom stereocenters. The Kier molecular flexibility index (Phi) is 9.33. The largest absolute Gasteiger partial charge is 0.382 e. The summed E-state index contributed by atoms with van der Waals surface area (Å²) in [6, 6.07) is 0. The zero-order valence-corrected chi connectivity index (χ0v) is 9.88. The Morgan fingerprint density at radius 3 is 2.81 bits per heavy atom. The van der Waals surface area contributed by atoms with Gasteiger partial charge in [0.05, 0.1) is 0 Å². The van der Waals surface area contributed by atoms with Crippen LogP contribution in [-0.4, -0.2) is 45.2 Å². The third-order valence-corrected chi connectivity index (χ3v) is 1.76. The number of amides is 1. The van der Waals surface area contributed by atoms with Crippen molar-refractivity contribution in [3.05, 3.63) is 0 Å². The van der Waals surface area contributed by atoms with Gasteiger partial charge in [0, 0.05) is 26.8 Å². The molecule has 0 saturated carbocycles. The summed E-state index contributed by atoms with van der Waals surface area (Å²) in [4.78, 5) is 14.9. The number of hydrogen-bond acceptors (Lipinski definition) is 4. The zero-order valence-electron chi connectivity index (χ0n) is 9.88. The van der Waals surface area contributed by atoms with E-state index in [0.29, 0.717) is 25.7 Å². The lowest BCUT2D eigenvalue weighted by Gasteiger charge is -2.08. The zero-order chi connectivity index (χ0) is 12.2. The second kappa shape index (κ2) is 10.2. The van der Waals surface area contributed by atoms with E-state index >= 15 is 0 Å². The highest BCUT2D eigenvalue weighted by molar-refractivity contribution is 5.84. The third-order valence-electron chi connectivity index (χ3n) is 1.76. The molecule has 5 N–H and O–H groups in total. The number of carbonyl (C=O) groups excluding carboxylic acids is 1. The molecule has 0 aromatic rings. The van der Waals surface area contributed by atoms with E-state index in [1.165, 1.54) is 0 Å². The predicted molar refractivity (Wildman–Crippen MR) is 62.8 cm³/mol. The van der Waals surface area contributed by atoms with Gasteiger partial charge < -0.3 is 15.4 Å². The number of nitrogens with zero attached hydrogens (tertiary/aromatic N) is 1. The molecular formula is C9H21N5O2. The quantitative estimate of drug-likeness (QED) is 0.141. The maximum Gasteiger partial charge on any atom is 0.241 e. The summed E-state index contributed by atoms with van der Waals surface area (Å²) >= 11 is 0. The number of carbonyl (C=O) groups is 1. The van der Waals surface area contributed by atoms with E-state index in [4.69, 9.17) is 10.6 Å². The van der Waals surface area contributed by atoms with Crippen LogP contribution in [0.1, 0.15) is 13.3 Å². The molecule has 0 saturated heterocycles. The van der Waals surface area contributed by atoms with E-state index in [-0.39, 0.29) is 12.5 Å². The highest BCUT2D eigenvalue weighted by Crippen LogP contribution is 1.80. The van der Waals surface area contributed by atoms with Gasteiger partial charge in [-0.3, -0.25) is 10.2 Å². The van der Waals surface area contributed by atoms with Crippen LogP contribution in [0.2, 0.25) is 0 Å². The molecule has 0 heterocycles. The van der Waals surface area contributed by atoms with Gasteiger partial charge in [0.2, 0.25) is 11.9 Å². The maximum absolute atomic E-state index is 10.9. The Bertz CT molecular complexity index is 220. The van der Waals surface area contributed by atoms with Crippen LogP contribution in [0, 0.1) is 0 Å². The van der Waals surface area contributed by atoms with E-state index in [1.54, 1.807) is 7.05 Å². The Morgan fingerprint density at radius 1 is 1.50 bits per heavy atom. The summed E-state index contributed by atoms with van der Waals surface area (Å²) in [5, 5.41) is 5.43. The lowest BCUT2D eigenvalue weighted by Crippen LogP contribution is -2.42.